The first-order valence-corrected chi connectivity index (χ1v) is 6.79. The topological polar surface area (TPSA) is 55.3 Å². The van der Waals surface area contributed by atoms with Gasteiger partial charge in [0.2, 0.25) is 0 Å². The lowest BCUT2D eigenvalue weighted by molar-refractivity contribution is 0.0606. The normalized spacial score (nSPS) is 14.1. The Morgan fingerprint density at radius 3 is 2.95 bits per heavy atom. The smallest absolute Gasteiger partial charge is 0.348 e. The summed E-state index contributed by atoms with van der Waals surface area (Å²) in [6.07, 6.45) is 6.08. The fourth-order valence-electron chi connectivity index (χ4n) is 2.20. The third-order valence-electron chi connectivity index (χ3n) is 3.18. The molecule has 2 aromatic rings. The van der Waals surface area contributed by atoms with Crippen LogP contribution in [-0.4, -0.2) is 29.6 Å². The molecule has 5 nitrogen and oxygen atoms in total. The van der Waals surface area contributed by atoms with Gasteiger partial charge in [-0.05, 0) is 18.1 Å². The van der Waals surface area contributed by atoms with Gasteiger partial charge in [-0.25, -0.2) is 14.8 Å². The van der Waals surface area contributed by atoms with E-state index in [1.165, 1.54) is 35.2 Å². The maximum Gasteiger partial charge on any atom is 0.348 e. The highest BCUT2D eigenvalue weighted by molar-refractivity contribution is 7.14. The second-order valence-electron chi connectivity index (χ2n) is 4.32. The molecule has 3 rings (SSSR count). The van der Waals surface area contributed by atoms with Crippen LogP contribution in [0.4, 0.5) is 5.69 Å². The van der Waals surface area contributed by atoms with Crippen molar-refractivity contribution in [2.45, 2.75) is 13.0 Å². The van der Waals surface area contributed by atoms with E-state index in [1.54, 1.807) is 0 Å². The van der Waals surface area contributed by atoms with Gasteiger partial charge in [0.25, 0.3) is 0 Å². The van der Waals surface area contributed by atoms with Crippen molar-refractivity contribution in [3.05, 3.63) is 40.1 Å². The van der Waals surface area contributed by atoms with Gasteiger partial charge >= 0.3 is 5.97 Å². The third-order valence-corrected chi connectivity index (χ3v) is 4.32. The van der Waals surface area contributed by atoms with E-state index in [0.717, 1.165) is 25.2 Å². The molecule has 0 saturated heterocycles. The average molecular weight is 275 g/mol. The van der Waals surface area contributed by atoms with Crippen molar-refractivity contribution in [1.82, 2.24) is 9.97 Å². The second kappa shape index (κ2) is 4.97. The zero-order valence-electron chi connectivity index (χ0n) is 10.5. The molecule has 0 N–H and O–H groups in total. The summed E-state index contributed by atoms with van der Waals surface area (Å²) in [6, 6.07) is 1.95. The standard InChI is InChI=1S/C13H13N3O2S/c1-18-13(17)11-4-9-2-3-16(7-12(9)19-11)10-5-14-8-15-6-10/h4-6,8H,2-3,7H2,1H3. The van der Waals surface area contributed by atoms with Crippen LogP contribution in [0.15, 0.2) is 24.8 Å². The summed E-state index contributed by atoms with van der Waals surface area (Å²) in [6.45, 7) is 1.71. The molecule has 3 heterocycles. The number of anilines is 1. The highest BCUT2D eigenvalue weighted by atomic mass is 32.1. The molecule has 0 aliphatic carbocycles. The first kappa shape index (κ1) is 12.1. The molecule has 0 fully saturated rings. The van der Waals surface area contributed by atoms with E-state index in [4.69, 9.17) is 4.74 Å². The van der Waals surface area contributed by atoms with Crippen LogP contribution in [0.25, 0.3) is 0 Å². The van der Waals surface area contributed by atoms with Crippen molar-refractivity contribution < 1.29 is 9.53 Å². The van der Waals surface area contributed by atoms with Crippen LogP contribution in [0.1, 0.15) is 20.1 Å². The maximum absolute atomic E-state index is 11.5. The molecule has 98 valence electrons. The first-order valence-electron chi connectivity index (χ1n) is 5.98. The molecule has 2 aromatic heterocycles. The largest absolute Gasteiger partial charge is 0.465 e. The minimum absolute atomic E-state index is 0.256. The van der Waals surface area contributed by atoms with Gasteiger partial charge in [-0.2, -0.15) is 0 Å². The number of esters is 1. The number of ether oxygens (including phenoxy) is 1. The molecule has 0 spiro atoms. The second-order valence-corrected chi connectivity index (χ2v) is 5.46. The number of fused-ring (bicyclic) bond motifs is 1. The van der Waals surface area contributed by atoms with Gasteiger partial charge in [-0.3, -0.25) is 0 Å². The van der Waals surface area contributed by atoms with Gasteiger partial charge in [0.15, 0.2) is 0 Å². The molecule has 0 atom stereocenters. The predicted molar refractivity (Wildman–Crippen MR) is 72.4 cm³/mol. The highest BCUT2D eigenvalue weighted by Gasteiger charge is 2.22. The molecular formula is C13H13N3O2S. The lowest BCUT2D eigenvalue weighted by Gasteiger charge is -2.28. The van der Waals surface area contributed by atoms with E-state index in [2.05, 4.69) is 14.9 Å². The van der Waals surface area contributed by atoms with E-state index < -0.39 is 0 Å². The Labute approximate surface area is 114 Å². The molecule has 0 amide bonds. The molecule has 0 saturated carbocycles. The predicted octanol–water partition coefficient (Wildman–Crippen LogP) is 1.89. The molecule has 1 aliphatic heterocycles. The summed E-state index contributed by atoms with van der Waals surface area (Å²) in [5.74, 6) is -0.256. The number of rotatable bonds is 2. The van der Waals surface area contributed by atoms with E-state index in [-0.39, 0.29) is 5.97 Å². The number of hydrogen-bond donors (Lipinski definition) is 0. The molecule has 0 aromatic carbocycles. The van der Waals surface area contributed by atoms with Gasteiger partial charge in [-0.15, -0.1) is 11.3 Å². The SMILES string of the molecule is COC(=O)c1cc2c(s1)CN(c1cncnc1)CC2. The molecule has 0 radical (unpaired) electrons. The zero-order valence-corrected chi connectivity index (χ0v) is 11.3. The summed E-state index contributed by atoms with van der Waals surface area (Å²) in [5, 5.41) is 0. The van der Waals surface area contributed by atoms with Crippen molar-refractivity contribution >= 4 is 23.0 Å². The Morgan fingerprint density at radius 2 is 2.21 bits per heavy atom. The van der Waals surface area contributed by atoms with Crippen LogP contribution in [0.2, 0.25) is 0 Å². The zero-order chi connectivity index (χ0) is 13.2. The van der Waals surface area contributed by atoms with Crippen LogP contribution in [0.3, 0.4) is 0 Å². The summed E-state index contributed by atoms with van der Waals surface area (Å²) in [7, 11) is 1.41. The van der Waals surface area contributed by atoms with Gasteiger partial charge in [0, 0.05) is 11.4 Å². The van der Waals surface area contributed by atoms with Gasteiger partial charge in [-0.1, -0.05) is 0 Å². The Kier molecular flexibility index (Phi) is 3.16. The summed E-state index contributed by atoms with van der Waals surface area (Å²) in [5.41, 5.74) is 2.26. The van der Waals surface area contributed by atoms with Crippen LogP contribution >= 0.6 is 11.3 Å². The monoisotopic (exact) mass is 275 g/mol. The van der Waals surface area contributed by atoms with Gasteiger partial charge < -0.3 is 9.64 Å². The lowest BCUT2D eigenvalue weighted by atomic mass is 10.1. The Balaban J connectivity index is 1.84. The van der Waals surface area contributed by atoms with Crippen molar-refractivity contribution in [2.75, 3.05) is 18.6 Å². The number of carbonyl (C=O) groups is 1. The third kappa shape index (κ3) is 2.31. The van der Waals surface area contributed by atoms with E-state index in [9.17, 15) is 4.79 Å². The Hall–Kier alpha value is -1.95. The lowest BCUT2D eigenvalue weighted by Crippen LogP contribution is -2.29. The molecular weight excluding hydrogens is 262 g/mol. The van der Waals surface area contributed by atoms with Crippen LogP contribution in [-0.2, 0) is 17.7 Å². The maximum atomic E-state index is 11.5. The number of aromatic nitrogens is 2. The summed E-state index contributed by atoms with van der Waals surface area (Å²) >= 11 is 1.51. The number of nitrogens with zero attached hydrogens (tertiary/aromatic N) is 3. The molecule has 0 bridgehead atoms. The highest BCUT2D eigenvalue weighted by Crippen LogP contribution is 2.30. The summed E-state index contributed by atoms with van der Waals surface area (Å²) in [4.78, 5) is 23.7. The van der Waals surface area contributed by atoms with Gasteiger partial charge in [0.05, 0.1) is 31.7 Å². The van der Waals surface area contributed by atoms with E-state index in [0.29, 0.717) is 4.88 Å². The van der Waals surface area contributed by atoms with Crippen molar-refractivity contribution in [2.24, 2.45) is 0 Å². The molecule has 19 heavy (non-hydrogen) atoms. The van der Waals surface area contributed by atoms with Crippen LogP contribution in [0.5, 0.6) is 0 Å². The Morgan fingerprint density at radius 1 is 1.42 bits per heavy atom. The number of hydrogen-bond acceptors (Lipinski definition) is 6. The van der Waals surface area contributed by atoms with Crippen LogP contribution in [0, 0.1) is 0 Å². The quantitative estimate of drug-likeness (QED) is 0.783. The number of thiophene rings is 1. The number of methoxy groups -OCH3 is 1. The number of carbonyl (C=O) groups excluding carboxylic acids is 1. The van der Waals surface area contributed by atoms with E-state index in [1.807, 2.05) is 18.5 Å². The Bertz CT molecular complexity index is 597. The molecule has 6 heteroatoms. The first-order chi connectivity index (χ1) is 9.28. The van der Waals surface area contributed by atoms with Gasteiger partial charge in [0.1, 0.15) is 11.2 Å². The van der Waals surface area contributed by atoms with E-state index >= 15 is 0 Å². The van der Waals surface area contributed by atoms with Crippen molar-refractivity contribution in [3.8, 4) is 0 Å². The molecule has 0 unspecified atom stereocenters. The fourth-order valence-corrected chi connectivity index (χ4v) is 3.34. The minimum Gasteiger partial charge on any atom is -0.465 e. The average Bonchev–Trinajstić information content (AvgIpc) is 2.90. The van der Waals surface area contributed by atoms with Crippen molar-refractivity contribution in [1.29, 1.82) is 0 Å². The fraction of sp³-hybridized carbons (Fsp3) is 0.308. The molecule has 1 aliphatic rings. The summed E-state index contributed by atoms with van der Waals surface area (Å²) < 4.78 is 4.76. The minimum atomic E-state index is -0.256. The van der Waals surface area contributed by atoms with Crippen LogP contribution < -0.4 is 4.90 Å². The van der Waals surface area contributed by atoms with Crippen molar-refractivity contribution in [3.63, 3.8) is 0 Å².